The highest BCUT2D eigenvalue weighted by Gasteiger charge is 2.39. The van der Waals surface area contributed by atoms with Crippen molar-refractivity contribution in [2.24, 2.45) is 0 Å². The molecule has 28 heavy (non-hydrogen) atoms. The molecule has 5 heteroatoms. The van der Waals surface area contributed by atoms with E-state index in [2.05, 4.69) is 27.7 Å². The first-order valence-electron chi connectivity index (χ1n) is 11.5. The lowest BCUT2D eigenvalue weighted by atomic mass is 10.0. The molecule has 0 radical (unpaired) electrons. The number of hydrogen-bond acceptors (Lipinski definition) is 5. The summed E-state index contributed by atoms with van der Waals surface area (Å²) in [6.45, 7) is 12.1. The predicted octanol–water partition coefficient (Wildman–Crippen LogP) is 5.27. The molecule has 0 N–H and O–H groups in total. The molecular formula is C23H44O5. The van der Waals surface area contributed by atoms with Crippen molar-refractivity contribution in [2.75, 3.05) is 33.0 Å². The van der Waals surface area contributed by atoms with Gasteiger partial charge in [-0.15, -0.1) is 0 Å². The number of hydrogen-bond donors (Lipinski definition) is 0. The second kappa shape index (κ2) is 17.3. The zero-order chi connectivity index (χ0) is 20.5. The van der Waals surface area contributed by atoms with Crippen LogP contribution in [0.1, 0.15) is 79.1 Å². The highest BCUT2D eigenvalue weighted by molar-refractivity contribution is 5.00. The molecule has 4 atom stereocenters. The molecule has 0 amide bonds. The van der Waals surface area contributed by atoms with Crippen LogP contribution in [0.2, 0.25) is 0 Å². The molecule has 1 rings (SSSR count). The summed E-state index contributed by atoms with van der Waals surface area (Å²) in [5.74, 6) is 0. The van der Waals surface area contributed by atoms with Gasteiger partial charge in [0.15, 0.2) is 0 Å². The van der Waals surface area contributed by atoms with Gasteiger partial charge >= 0.3 is 0 Å². The van der Waals surface area contributed by atoms with E-state index in [-0.39, 0.29) is 24.4 Å². The van der Waals surface area contributed by atoms with E-state index in [0.717, 1.165) is 64.6 Å². The van der Waals surface area contributed by atoms with Crippen LogP contribution in [0.25, 0.3) is 0 Å². The minimum Gasteiger partial charge on any atom is -0.493 e. The first-order chi connectivity index (χ1) is 13.8. The van der Waals surface area contributed by atoms with Crippen molar-refractivity contribution in [3.05, 3.63) is 12.3 Å². The monoisotopic (exact) mass is 400 g/mol. The summed E-state index contributed by atoms with van der Waals surface area (Å²) in [7, 11) is 0. The maximum absolute atomic E-state index is 6.31. The Hall–Kier alpha value is -0.620. The van der Waals surface area contributed by atoms with Gasteiger partial charge < -0.3 is 23.7 Å². The van der Waals surface area contributed by atoms with Crippen LogP contribution in [0.3, 0.4) is 0 Å². The summed E-state index contributed by atoms with van der Waals surface area (Å²) >= 11 is 0. The third-order valence-electron chi connectivity index (χ3n) is 4.88. The van der Waals surface area contributed by atoms with E-state index in [0.29, 0.717) is 19.8 Å². The Balaban J connectivity index is 2.85. The fourth-order valence-corrected chi connectivity index (χ4v) is 3.02. The van der Waals surface area contributed by atoms with Crippen LogP contribution < -0.4 is 0 Å². The second-order valence-electron chi connectivity index (χ2n) is 7.50. The molecule has 0 spiro atoms. The Kier molecular flexibility index (Phi) is 15.7. The summed E-state index contributed by atoms with van der Waals surface area (Å²) < 4.78 is 30.7. The van der Waals surface area contributed by atoms with E-state index >= 15 is 0 Å². The first kappa shape index (κ1) is 25.4. The van der Waals surface area contributed by atoms with Gasteiger partial charge in [0.05, 0.1) is 12.9 Å². The molecule has 0 aromatic heterocycles. The molecule has 1 heterocycles. The van der Waals surface area contributed by atoms with Crippen molar-refractivity contribution in [1.82, 2.24) is 0 Å². The number of ether oxygens (including phenoxy) is 5. The smallest absolute Gasteiger partial charge is 0.150 e. The standard InChI is InChI=1S/C23H44O5/c1-5-9-14-24-19-21-23(28-17-12-8-4)22(27-16-11-7-3)20(13-18-26-21)25-15-10-6-2/h13,18,20-23H,5-12,14-17,19H2,1-4H3/t20-,21+,22+,23+/m0/s1. The summed E-state index contributed by atoms with van der Waals surface area (Å²) in [4.78, 5) is 0. The minimum atomic E-state index is -0.202. The SMILES string of the molecule is CCCCOC[C@H]1OC=C[C@H](OCCCC)[C@@H](OCCCC)[C@@H]1OCCCC. The zero-order valence-corrected chi connectivity index (χ0v) is 18.7. The van der Waals surface area contributed by atoms with Gasteiger partial charge in [0, 0.05) is 26.4 Å². The lowest BCUT2D eigenvalue weighted by Gasteiger charge is -2.34. The molecule has 1 aliphatic heterocycles. The average Bonchev–Trinajstić information content (AvgIpc) is 2.86. The summed E-state index contributed by atoms with van der Waals surface area (Å²) in [5, 5.41) is 0. The molecule has 0 aromatic rings. The van der Waals surface area contributed by atoms with Crippen LogP contribution in [0.4, 0.5) is 0 Å². The Morgan fingerprint density at radius 3 is 1.82 bits per heavy atom. The van der Waals surface area contributed by atoms with Gasteiger partial charge in [0.25, 0.3) is 0 Å². The Morgan fingerprint density at radius 2 is 1.21 bits per heavy atom. The Labute approximate surface area is 173 Å². The molecule has 0 fully saturated rings. The van der Waals surface area contributed by atoms with E-state index in [1.807, 2.05) is 6.08 Å². The largest absolute Gasteiger partial charge is 0.493 e. The highest BCUT2D eigenvalue weighted by Crippen LogP contribution is 2.24. The van der Waals surface area contributed by atoms with Crippen molar-refractivity contribution in [2.45, 2.75) is 103 Å². The topological polar surface area (TPSA) is 46.2 Å². The van der Waals surface area contributed by atoms with Crippen LogP contribution in [-0.2, 0) is 23.7 Å². The maximum Gasteiger partial charge on any atom is 0.150 e. The van der Waals surface area contributed by atoms with Crippen LogP contribution >= 0.6 is 0 Å². The molecule has 1 aliphatic rings. The number of rotatable bonds is 17. The molecule has 0 bridgehead atoms. The molecular weight excluding hydrogens is 356 g/mol. The van der Waals surface area contributed by atoms with Gasteiger partial charge in [-0.05, 0) is 31.8 Å². The van der Waals surface area contributed by atoms with Crippen LogP contribution in [0.15, 0.2) is 12.3 Å². The summed E-state index contributed by atoms with van der Waals surface area (Å²) in [6.07, 6.45) is 11.6. The van der Waals surface area contributed by atoms with E-state index in [9.17, 15) is 0 Å². The molecule has 0 saturated heterocycles. The predicted molar refractivity (Wildman–Crippen MR) is 114 cm³/mol. The highest BCUT2D eigenvalue weighted by atomic mass is 16.6. The van der Waals surface area contributed by atoms with Crippen molar-refractivity contribution in [3.63, 3.8) is 0 Å². The second-order valence-corrected chi connectivity index (χ2v) is 7.50. The average molecular weight is 401 g/mol. The minimum absolute atomic E-state index is 0.157. The summed E-state index contributed by atoms with van der Waals surface area (Å²) in [5.41, 5.74) is 0. The van der Waals surface area contributed by atoms with Crippen molar-refractivity contribution < 1.29 is 23.7 Å². The van der Waals surface area contributed by atoms with Gasteiger partial charge in [-0.2, -0.15) is 0 Å². The van der Waals surface area contributed by atoms with E-state index < -0.39 is 0 Å². The Morgan fingerprint density at radius 1 is 0.679 bits per heavy atom. The zero-order valence-electron chi connectivity index (χ0n) is 18.7. The van der Waals surface area contributed by atoms with Gasteiger partial charge in [-0.3, -0.25) is 0 Å². The quantitative estimate of drug-likeness (QED) is 0.311. The normalized spacial score (nSPS) is 24.9. The fourth-order valence-electron chi connectivity index (χ4n) is 3.02. The molecule has 0 unspecified atom stereocenters. The molecule has 166 valence electrons. The third-order valence-corrected chi connectivity index (χ3v) is 4.88. The van der Waals surface area contributed by atoms with Gasteiger partial charge in [-0.1, -0.05) is 53.4 Å². The Bertz CT molecular complexity index is 374. The van der Waals surface area contributed by atoms with E-state index in [1.165, 1.54) is 0 Å². The van der Waals surface area contributed by atoms with Crippen molar-refractivity contribution >= 4 is 0 Å². The summed E-state index contributed by atoms with van der Waals surface area (Å²) in [6, 6.07) is 0. The molecule has 0 saturated carbocycles. The van der Waals surface area contributed by atoms with Crippen LogP contribution in [-0.4, -0.2) is 57.5 Å². The van der Waals surface area contributed by atoms with E-state index in [1.54, 1.807) is 6.26 Å². The van der Waals surface area contributed by atoms with Crippen LogP contribution in [0.5, 0.6) is 0 Å². The fraction of sp³-hybridized carbons (Fsp3) is 0.913. The third kappa shape index (κ3) is 10.2. The molecule has 0 aliphatic carbocycles. The van der Waals surface area contributed by atoms with Crippen LogP contribution in [0, 0.1) is 0 Å². The lowest BCUT2D eigenvalue weighted by Crippen LogP contribution is -2.49. The number of unbranched alkanes of at least 4 members (excludes halogenated alkanes) is 4. The van der Waals surface area contributed by atoms with Crippen molar-refractivity contribution in [3.8, 4) is 0 Å². The maximum atomic E-state index is 6.31. The molecule has 0 aromatic carbocycles. The van der Waals surface area contributed by atoms with Crippen molar-refractivity contribution in [1.29, 1.82) is 0 Å². The van der Waals surface area contributed by atoms with Gasteiger partial charge in [0.1, 0.15) is 24.4 Å². The van der Waals surface area contributed by atoms with Gasteiger partial charge in [-0.25, -0.2) is 0 Å². The van der Waals surface area contributed by atoms with Gasteiger partial charge in [0.2, 0.25) is 0 Å². The molecule has 5 nitrogen and oxygen atoms in total. The first-order valence-corrected chi connectivity index (χ1v) is 11.5. The van der Waals surface area contributed by atoms with E-state index in [4.69, 9.17) is 23.7 Å². The lowest BCUT2D eigenvalue weighted by molar-refractivity contribution is -0.163.